The molecule has 1 heterocycles. The monoisotopic (exact) mass is 312 g/mol. The van der Waals surface area contributed by atoms with Crippen molar-refractivity contribution in [2.75, 3.05) is 5.32 Å². The number of anilines is 1. The van der Waals surface area contributed by atoms with Gasteiger partial charge in [0, 0.05) is 17.4 Å². The second-order valence-corrected chi connectivity index (χ2v) is 4.63. The quantitative estimate of drug-likeness (QED) is 0.850. The molecule has 0 bridgehead atoms. The van der Waals surface area contributed by atoms with Gasteiger partial charge in [-0.05, 0) is 30.3 Å². The van der Waals surface area contributed by atoms with Crippen molar-refractivity contribution in [1.82, 2.24) is 10.2 Å². The first-order chi connectivity index (χ1) is 9.88. The normalized spacial score (nSPS) is 11.2. The fourth-order valence-corrected chi connectivity index (χ4v) is 1.90. The average Bonchev–Trinajstić information content (AvgIpc) is 2.45. The second kappa shape index (κ2) is 6.04. The SMILES string of the molecule is NC(=S)c1ccc(NCc2cccnn2)cc1C(F)(F)F. The summed E-state index contributed by atoms with van der Waals surface area (Å²) in [4.78, 5) is -0.289. The first-order valence-electron chi connectivity index (χ1n) is 5.89. The topological polar surface area (TPSA) is 63.8 Å². The van der Waals surface area contributed by atoms with E-state index in [1.807, 2.05) is 0 Å². The van der Waals surface area contributed by atoms with E-state index < -0.39 is 11.7 Å². The molecule has 0 radical (unpaired) electrons. The van der Waals surface area contributed by atoms with Crippen LogP contribution in [0.4, 0.5) is 18.9 Å². The molecule has 0 unspecified atom stereocenters. The molecule has 0 aliphatic heterocycles. The molecule has 3 N–H and O–H groups in total. The molecule has 21 heavy (non-hydrogen) atoms. The van der Waals surface area contributed by atoms with E-state index in [2.05, 4.69) is 27.7 Å². The molecule has 0 aliphatic carbocycles. The van der Waals surface area contributed by atoms with Crippen molar-refractivity contribution in [2.24, 2.45) is 5.73 Å². The number of nitrogens with zero attached hydrogens (tertiary/aromatic N) is 2. The molecule has 1 aromatic carbocycles. The standard InChI is InChI=1S/C13H11F3N4S/c14-13(15,16)11-6-8(3-4-10(11)12(17)21)18-7-9-2-1-5-19-20-9/h1-6,18H,7H2,(H2,17,21). The Balaban J connectivity index is 2.24. The van der Waals surface area contributed by atoms with Gasteiger partial charge in [0.15, 0.2) is 0 Å². The Morgan fingerprint density at radius 2 is 2.05 bits per heavy atom. The maximum Gasteiger partial charge on any atom is 0.417 e. The van der Waals surface area contributed by atoms with E-state index in [1.54, 1.807) is 12.1 Å². The smallest absolute Gasteiger partial charge is 0.389 e. The lowest BCUT2D eigenvalue weighted by Crippen LogP contribution is -2.18. The van der Waals surface area contributed by atoms with Crippen molar-refractivity contribution in [3.8, 4) is 0 Å². The summed E-state index contributed by atoms with van der Waals surface area (Å²) < 4.78 is 39.0. The van der Waals surface area contributed by atoms with Crippen molar-refractivity contribution in [1.29, 1.82) is 0 Å². The Bertz CT molecular complexity index is 644. The van der Waals surface area contributed by atoms with Crippen molar-refractivity contribution >= 4 is 22.9 Å². The predicted octanol–water partition coefficient (Wildman–Crippen LogP) is 2.74. The summed E-state index contributed by atoms with van der Waals surface area (Å²) in [5.74, 6) is 0. The Labute approximate surface area is 124 Å². The van der Waals surface area contributed by atoms with Gasteiger partial charge in [0.25, 0.3) is 0 Å². The molecular weight excluding hydrogens is 301 g/mol. The molecule has 4 nitrogen and oxygen atoms in total. The van der Waals surface area contributed by atoms with Crippen LogP contribution >= 0.6 is 12.2 Å². The number of nitrogens with one attached hydrogen (secondary N) is 1. The minimum Gasteiger partial charge on any atom is -0.389 e. The number of benzene rings is 1. The Morgan fingerprint density at radius 1 is 1.29 bits per heavy atom. The van der Waals surface area contributed by atoms with E-state index in [1.165, 1.54) is 18.3 Å². The van der Waals surface area contributed by atoms with Crippen LogP contribution in [0.2, 0.25) is 0 Å². The molecule has 0 saturated carbocycles. The van der Waals surface area contributed by atoms with E-state index in [4.69, 9.17) is 5.73 Å². The fourth-order valence-electron chi connectivity index (χ4n) is 1.72. The molecule has 0 saturated heterocycles. The number of hydrogen-bond donors (Lipinski definition) is 2. The van der Waals surface area contributed by atoms with Gasteiger partial charge in [0.1, 0.15) is 4.99 Å². The highest BCUT2D eigenvalue weighted by atomic mass is 32.1. The van der Waals surface area contributed by atoms with Gasteiger partial charge in [-0.2, -0.15) is 23.4 Å². The summed E-state index contributed by atoms with van der Waals surface area (Å²) in [6.07, 6.45) is -3.01. The highest BCUT2D eigenvalue weighted by Crippen LogP contribution is 2.33. The number of thiocarbonyl (C=S) groups is 1. The van der Waals surface area contributed by atoms with Gasteiger partial charge in [-0.15, -0.1) is 0 Å². The molecular formula is C13H11F3N4S. The van der Waals surface area contributed by atoms with Gasteiger partial charge in [0.2, 0.25) is 0 Å². The van der Waals surface area contributed by atoms with Crippen molar-refractivity contribution < 1.29 is 13.2 Å². The number of halogens is 3. The lowest BCUT2D eigenvalue weighted by Gasteiger charge is -2.14. The Hall–Kier alpha value is -2.22. The molecule has 0 atom stereocenters. The van der Waals surface area contributed by atoms with Crippen LogP contribution in [0.1, 0.15) is 16.8 Å². The number of rotatable bonds is 4. The summed E-state index contributed by atoms with van der Waals surface area (Å²) in [7, 11) is 0. The Kier molecular flexibility index (Phi) is 4.37. The highest BCUT2D eigenvalue weighted by molar-refractivity contribution is 7.80. The van der Waals surface area contributed by atoms with Crippen LogP contribution in [0, 0.1) is 0 Å². The lowest BCUT2D eigenvalue weighted by atomic mass is 10.1. The molecule has 110 valence electrons. The minimum atomic E-state index is -4.52. The van der Waals surface area contributed by atoms with E-state index in [-0.39, 0.29) is 17.1 Å². The zero-order valence-corrected chi connectivity index (χ0v) is 11.5. The number of aromatic nitrogens is 2. The van der Waals surface area contributed by atoms with E-state index in [0.29, 0.717) is 11.4 Å². The summed E-state index contributed by atoms with van der Waals surface area (Å²) in [5.41, 5.74) is 5.18. The molecule has 2 aromatic rings. The van der Waals surface area contributed by atoms with Gasteiger partial charge >= 0.3 is 6.18 Å². The van der Waals surface area contributed by atoms with Gasteiger partial charge in [-0.3, -0.25) is 0 Å². The van der Waals surface area contributed by atoms with E-state index in [9.17, 15) is 13.2 Å². The van der Waals surface area contributed by atoms with Crippen LogP contribution in [-0.2, 0) is 12.7 Å². The molecule has 2 rings (SSSR count). The van der Waals surface area contributed by atoms with Crippen LogP contribution in [0.15, 0.2) is 36.5 Å². The van der Waals surface area contributed by atoms with Gasteiger partial charge < -0.3 is 11.1 Å². The van der Waals surface area contributed by atoms with E-state index >= 15 is 0 Å². The second-order valence-electron chi connectivity index (χ2n) is 4.19. The molecule has 1 aromatic heterocycles. The van der Waals surface area contributed by atoms with E-state index in [0.717, 1.165) is 6.07 Å². The number of nitrogens with two attached hydrogens (primary N) is 1. The molecule has 0 fully saturated rings. The van der Waals surface area contributed by atoms with Crippen LogP contribution in [0.5, 0.6) is 0 Å². The third kappa shape index (κ3) is 3.88. The summed E-state index contributed by atoms with van der Waals surface area (Å²) >= 11 is 4.64. The molecule has 0 amide bonds. The van der Waals surface area contributed by atoms with Gasteiger partial charge in [-0.25, -0.2) is 0 Å². The number of hydrogen-bond acceptors (Lipinski definition) is 4. The summed E-state index contributed by atoms with van der Waals surface area (Å²) in [5, 5.41) is 10.4. The van der Waals surface area contributed by atoms with Gasteiger partial charge in [-0.1, -0.05) is 12.2 Å². The zero-order valence-electron chi connectivity index (χ0n) is 10.7. The fraction of sp³-hybridized carbons (Fsp3) is 0.154. The van der Waals surface area contributed by atoms with Crippen molar-refractivity contribution in [3.63, 3.8) is 0 Å². The van der Waals surface area contributed by atoms with Crippen LogP contribution < -0.4 is 11.1 Å². The minimum absolute atomic E-state index is 0.192. The van der Waals surface area contributed by atoms with Crippen molar-refractivity contribution in [2.45, 2.75) is 12.7 Å². The third-order valence-electron chi connectivity index (χ3n) is 2.69. The van der Waals surface area contributed by atoms with Crippen LogP contribution in [0.3, 0.4) is 0 Å². The molecule has 8 heteroatoms. The highest BCUT2D eigenvalue weighted by Gasteiger charge is 2.34. The zero-order chi connectivity index (χ0) is 15.5. The maximum atomic E-state index is 13.0. The summed E-state index contributed by atoms with van der Waals surface area (Å²) in [6.45, 7) is 0.261. The van der Waals surface area contributed by atoms with Crippen LogP contribution in [-0.4, -0.2) is 15.2 Å². The number of alkyl halides is 3. The lowest BCUT2D eigenvalue weighted by molar-refractivity contribution is -0.137. The third-order valence-corrected chi connectivity index (χ3v) is 2.91. The maximum absolute atomic E-state index is 13.0. The summed E-state index contributed by atoms with van der Waals surface area (Å²) in [6, 6.07) is 7.13. The molecule has 0 spiro atoms. The van der Waals surface area contributed by atoms with Gasteiger partial charge in [0.05, 0.1) is 17.8 Å². The van der Waals surface area contributed by atoms with Crippen molar-refractivity contribution in [3.05, 3.63) is 53.3 Å². The largest absolute Gasteiger partial charge is 0.417 e. The first-order valence-corrected chi connectivity index (χ1v) is 6.30. The predicted molar refractivity (Wildman–Crippen MR) is 76.7 cm³/mol. The Morgan fingerprint density at radius 3 is 2.62 bits per heavy atom. The average molecular weight is 312 g/mol. The first kappa shape index (κ1) is 15.2. The van der Waals surface area contributed by atoms with Crippen LogP contribution in [0.25, 0.3) is 0 Å². The molecule has 0 aliphatic rings.